The lowest BCUT2D eigenvalue weighted by Gasteiger charge is -2.21. The first-order valence-corrected chi connectivity index (χ1v) is 6.90. The molecule has 0 aliphatic rings. The van der Waals surface area contributed by atoms with Gasteiger partial charge in [0.25, 0.3) is 0 Å². The van der Waals surface area contributed by atoms with Gasteiger partial charge in [-0.05, 0) is 40.7 Å². The third kappa shape index (κ3) is 3.55. The Bertz CT molecular complexity index is 282. The molecule has 0 radical (unpaired) electrons. The zero-order valence-electron chi connectivity index (χ0n) is 9.07. The molecular weight excluding hydrogens is 276 g/mol. The zero-order chi connectivity index (χ0) is 11.3. The Morgan fingerprint density at radius 3 is 2.73 bits per heavy atom. The predicted octanol–water partition coefficient (Wildman–Crippen LogP) is 3.75. The second-order valence-corrected chi connectivity index (χ2v) is 5.16. The number of ether oxygens (including phenoxy) is 1. The minimum Gasteiger partial charge on any atom is -0.385 e. The van der Waals surface area contributed by atoms with Crippen molar-refractivity contribution in [1.29, 1.82) is 0 Å². The molecule has 0 aliphatic carbocycles. The molecule has 1 aromatic rings. The second-order valence-electron chi connectivity index (χ2n) is 3.36. The van der Waals surface area contributed by atoms with Crippen molar-refractivity contribution >= 4 is 27.3 Å². The molecule has 2 unspecified atom stereocenters. The number of thiophene rings is 1. The highest BCUT2D eigenvalue weighted by Crippen LogP contribution is 2.33. The molecule has 0 saturated carbocycles. The third-order valence-electron chi connectivity index (χ3n) is 2.22. The van der Waals surface area contributed by atoms with Crippen molar-refractivity contribution in [3.8, 4) is 0 Å². The highest BCUT2D eigenvalue weighted by molar-refractivity contribution is 9.10. The summed E-state index contributed by atoms with van der Waals surface area (Å²) in [6.45, 7) is 4.70. The summed E-state index contributed by atoms with van der Waals surface area (Å²) < 4.78 is 6.53. The molecule has 0 bridgehead atoms. The van der Waals surface area contributed by atoms with E-state index in [4.69, 9.17) is 4.74 Å². The van der Waals surface area contributed by atoms with Gasteiger partial charge in [-0.1, -0.05) is 13.3 Å². The quantitative estimate of drug-likeness (QED) is 0.865. The molecule has 1 N–H and O–H groups in total. The van der Waals surface area contributed by atoms with Crippen molar-refractivity contribution in [3.63, 3.8) is 0 Å². The van der Waals surface area contributed by atoms with E-state index in [1.807, 2.05) is 18.4 Å². The van der Waals surface area contributed by atoms with Crippen LogP contribution < -0.4 is 0 Å². The zero-order valence-corrected chi connectivity index (χ0v) is 11.5. The molecule has 2 atom stereocenters. The molecule has 0 aliphatic heterocycles. The lowest BCUT2D eigenvalue weighted by Crippen LogP contribution is -2.21. The Kier molecular flexibility index (Phi) is 5.82. The van der Waals surface area contributed by atoms with Gasteiger partial charge in [0, 0.05) is 16.0 Å². The lowest BCUT2D eigenvalue weighted by atomic mass is 10.1. The van der Waals surface area contributed by atoms with Crippen LogP contribution in [-0.4, -0.2) is 17.8 Å². The molecule has 0 amide bonds. The topological polar surface area (TPSA) is 29.5 Å². The van der Waals surface area contributed by atoms with Crippen LogP contribution in [0.15, 0.2) is 15.9 Å². The van der Waals surface area contributed by atoms with E-state index >= 15 is 0 Å². The Hall–Kier alpha value is 0.100. The van der Waals surface area contributed by atoms with Crippen molar-refractivity contribution in [2.45, 2.75) is 38.9 Å². The van der Waals surface area contributed by atoms with Gasteiger partial charge >= 0.3 is 0 Å². The molecule has 86 valence electrons. The third-order valence-corrected chi connectivity index (χ3v) is 4.16. The summed E-state index contributed by atoms with van der Waals surface area (Å²) in [6, 6.07) is 1.96. The highest BCUT2D eigenvalue weighted by Gasteiger charge is 2.23. The average Bonchev–Trinajstić information content (AvgIpc) is 2.63. The molecule has 1 heterocycles. The fraction of sp³-hybridized carbons (Fsp3) is 0.636. The molecule has 15 heavy (non-hydrogen) atoms. The van der Waals surface area contributed by atoms with Gasteiger partial charge in [0.15, 0.2) is 0 Å². The van der Waals surface area contributed by atoms with E-state index in [9.17, 15) is 5.11 Å². The van der Waals surface area contributed by atoms with Gasteiger partial charge in [-0.3, -0.25) is 0 Å². The second kappa shape index (κ2) is 6.63. The minimum atomic E-state index is -0.515. The molecule has 0 spiro atoms. The summed E-state index contributed by atoms with van der Waals surface area (Å²) in [4.78, 5) is 0.960. The number of hydrogen-bond acceptors (Lipinski definition) is 3. The minimum absolute atomic E-state index is 0.0880. The molecular formula is C11H17BrO2S. The largest absolute Gasteiger partial charge is 0.385 e. The van der Waals surface area contributed by atoms with E-state index in [-0.39, 0.29) is 6.10 Å². The van der Waals surface area contributed by atoms with Gasteiger partial charge in [0.1, 0.15) is 6.10 Å². The van der Waals surface area contributed by atoms with Gasteiger partial charge < -0.3 is 9.84 Å². The number of aliphatic hydroxyl groups excluding tert-OH is 1. The maximum atomic E-state index is 10.2. The van der Waals surface area contributed by atoms with Crippen LogP contribution in [0.5, 0.6) is 0 Å². The van der Waals surface area contributed by atoms with Crippen molar-refractivity contribution in [1.82, 2.24) is 0 Å². The van der Waals surface area contributed by atoms with Gasteiger partial charge in [-0.25, -0.2) is 0 Å². The van der Waals surface area contributed by atoms with E-state index < -0.39 is 6.10 Å². The van der Waals surface area contributed by atoms with Crippen molar-refractivity contribution in [2.24, 2.45) is 0 Å². The smallest absolute Gasteiger partial charge is 0.115 e. The Morgan fingerprint density at radius 1 is 1.53 bits per heavy atom. The van der Waals surface area contributed by atoms with E-state index in [1.165, 1.54) is 0 Å². The van der Waals surface area contributed by atoms with E-state index in [0.717, 1.165) is 22.2 Å². The molecule has 0 fully saturated rings. The number of rotatable bonds is 6. The lowest BCUT2D eigenvalue weighted by molar-refractivity contribution is -0.0372. The normalized spacial score (nSPS) is 15.2. The monoisotopic (exact) mass is 292 g/mol. The highest BCUT2D eigenvalue weighted by atomic mass is 79.9. The maximum absolute atomic E-state index is 10.2. The van der Waals surface area contributed by atoms with Gasteiger partial charge in [-0.2, -0.15) is 0 Å². The van der Waals surface area contributed by atoms with E-state index in [0.29, 0.717) is 6.61 Å². The van der Waals surface area contributed by atoms with Crippen molar-refractivity contribution < 1.29 is 9.84 Å². The summed E-state index contributed by atoms with van der Waals surface area (Å²) in [6.07, 6.45) is 1.30. The van der Waals surface area contributed by atoms with E-state index in [2.05, 4.69) is 22.9 Å². The van der Waals surface area contributed by atoms with Crippen LogP contribution in [0, 0.1) is 0 Å². The Balaban J connectivity index is 2.71. The molecule has 1 aromatic heterocycles. The van der Waals surface area contributed by atoms with Crippen LogP contribution in [-0.2, 0) is 4.74 Å². The molecule has 0 saturated heterocycles. The molecule has 2 nitrogen and oxygen atoms in total. The Labute approximate surface area is 103 Å². The fourth-order valence-electron chi connectivity index (χ4n) is 1.52. The number of halogens is 1. The van der Waals surface area contributed by atoms with Crippen LogP contribution in [0.4, 0.5) is 0 Å². The first-order chi connectivity index (χ1) is 7.20. The predicted molar refractivity (Wildman–Crippen MR) is 67.3 cm³/mol. The van der Waals surface area contributed by atoms with Crippen LogP contribution in [0.3, 0.4) is 0 Å². The van der Waals surface area contributed by atoms with Gasteiger partial charge in [0.05, 0.1) is 6.10 Å². The van der Waals surface area contributed by atoms with Crippen LogP contribution in [0.2, 0.25) is 0 Å². The molecule has 4 heteroatoms. The summed E-state index contributed by atoms with van der Waals surface area (Å²) >= 11 is 4.99. The molecule has 0 aromatic carbocycles. The van der Waals surface area contributed by atoms with Gasteiger partial charge in [-0.15, -0.1) is 11.3 Å². The average molecular weight is 293 g/mol. The number of hydrogen-bond donors (Lipinski definition) is 1. The van der Waals surface area contributed by atoms with Crippen molar-refractivity contribution in [3.05, 3.63) is 20.8 Å². The summed E-state index contributed by atoms with van der Waals surface area (Å²) in [7, 11) is 0. The Morgan fingerprint density at radius 2 is 2.27 bits per heavy atom. The fourth-order valence-corrected chi connectivity index (χ4v) is 3.16. The van der Waals surface area contributed by atoms with Gasteiger partial charge in [0.2, 0.25) is 0 Å². The summed E-state index contributed by atoms with van der Waals surface area (Å²) in [5.74, 6) is 0. The van der Waals surface area contributed by atoms with Crippen molar-refractivity contribution in [2.75, 3.05) is 6.61 Å². The summed E-state index contributed by atoms with van der Waals surface area (Å²) in [5, 5.41) is 12.1. The first-order valence-electron chi connectivity index (χ1n) is 5.23. The SMILES string of the molecule is CCCC(OCC)C(O)c1sccc1Br. The molecule has 1 rings (SSSR count). The number of aliphatic hydroxyl groups is 1. The maximum Gasteiger partial charge on any atom is 0.115 e. The van der Waals surface area contributed by atoms with E-state index in [1.54, 1.807) is 11.3 Å². The van der Waals surface area contributed by atoms with Crippen LogP contribution in [0.25, 0.3) is 0 Å². The first kappa shape index (κ1) is 13.2. The standard InChI is InChI=1S/C11H17BrO2S/c1-3-5-9(14-4-2)10(13)11-8(12)6-7-15-11/h6-7,9-10,13H,3-5H2,1-2H3. The van der Waals surface area contributed by atoms with Crippen LogP contribution >= 0.6 is 27.3 Å². The van der Waals surface area contributed by atoms with Crippen LogP contribution in [0.1, 0.15) is 37.7 Å². The summed E-state index contributed by atoms with van der Waals surface area (Å²) in [5.41, 5.74) is 0.